The summed E-state index contributed by atoms with van der Waals surface area (Å²) in [5, 5.41) is 0. The maximum Gasteiger partial charge on any atom is -1.00 e. The molecule has 0 heterocycles. The van der Waals surface area contributed by atoms with E-state index in [-0.39, 0.29) is 44.0 Å². The summed E-state index contributed by atoms with van der Waals surface area (Å²) in [6, 6.07) is 18.4. The van der Waals surface area contributed by atoms with Gasteiger partial charge in [-0.3, -0.25) is 0 Å². The van der Waals surface area contributed by atoms with Crippen molar-refractivity contribution in [3.63, 3.8) is 0 Å². The third kappa shape index (κ3) is 5.29. The van der Waals surface area contributed by atoms with Gasteiger partial charge < -0.3 is 24.8 Å². The monoisotopic (exact) mass is 460 g/mol. The molecule has 2 unspecified atom stereocenters. The zero-order chi connectivity index (χ0) is 18.6. The first kappa shape index (κ1) is 24.5. The summed E-state index contributed by atoms with van der Waals surface area (Å²) in [6.07, 6.45) is 12.9. The largest absolute Gasteiger partial charge is 1.00 e. The Morgan fingerprint density at radius 2 is 1.07 bits per heavy atom. The van der Waals surface area contributed by atoms with E-state index < -0.39 is 0 Å². The molecule has 0 aliphatic heterocycles. The van der Waals surface area contributed by atoms with E-state index in [9.17, 15) is 0 Å². The Hall–Kier alpha value is -0.786. The number of hydrogen-bond donors (Lipinski definition) is 0. The van der Waals surface area contributed by atoms with E-state index >= 15 is 0 Å². The van der Waals surface area contributed by atoms with Crippen molar-refractivity contribution in [3.8, 4) is 0 Å². The van der Waals surface area contributed by atoms with Crippen LogP contribution in [0.25, 0.3) is 11.1 Å². The molecule has 0 spiro atoms. The first-order valence-electron chi connectivity index (χ1n) is 10.7. The minimum Gasteiger partial charge on any atom is -1.00 e. The van der Waals surface area contributed by atoms with Gasteiger partial charge in [-0.15, -0.1) is 0 Å². The molecule has 4 rings (SSSR count). The second-order valence-electron chi connectivity index (χ2n) is 7.89. The molecule has 2 aromatic rings. The molecule has 0 aromatic heterocycles. The Morgan fingerprint density at radius 3 is 1.48 bits per heavy atom. The molecule has 0 radical (unpaired) electrons. The fraction of sp³-hybridized carbons (Fsp3) is 0.385. The first-order valence-corrected chi connectivity index (χ1v) is 12.5. The van der Waals surface area contributed by atoms with Crippen LogP contribution < -0.4 is 24.8 Å². The molecule has 0 nitrogen and oxygen atoms in total. The summed E-state index contributed by atoms with van der Waals surface area (Å²) in [5.74, 6) is 0. The summed E-state index contributed by atoms with van der Waals surface area (Å²) in [5.41, 5.74) is 9.53. The standard InChI is InChI=1S/2C13H15.2ClH.Ti/c2*1-2-3-6-11-9-10-12-7-4-5-8-13(11)12;;;/h2*4-5,7-10H,2-3,6H2,1H3;2*1H;/q;;;;+2/p-2. The molecule has 0 N–H and O–H groups in total. The summed E-state index contributed by atoms with van der Waals surface area (Å²) < 4.78 is 1.38. The minimum atomic E-state index is -0.164. The van der Waals surface area contributed by atoms with Crippen LogP contribution in [0.4, 0.5) is 0 Å². The molecular weight excluding hydrogens is 431 g/mol. The van der Waals surface area contributed by atoms with Crippen molar-refractivity contribution < 1.29 is 44.0 Å². The molecule has 0 bridgehead atoms. The molecular formula is C26H30Cl2Ti. The van der Waals surface area contributed by atoms with E-state index in [1.165, 1.54) is 38.5 Å². The number of hydrogen-bond acceptors (Lipinski definition) is 0. The van der Waals surface area contributed by atoms with Crippen LogP contribution in [0.3, 0.4) is 0 Å². The number of fused-ring (bicyclic) bond motifs is 2. The van der Waals surface area contributed by atoms with Crippen molar-refractivity contribution in [2.45, 2.75) is 60.8 Å². The predicted octanol–water partition coefficient (Wildman–Crippen LogP) is 1.73. The van der Waals surface area contributed by atoms with Crippen LogP contribution in [0.2, 0.25) is 0 Å². The Morgan fingerprint density at radius 1 is 0.655 bits per heavy atom. The third-order valence-electron chi connectivity index (χ3n) is 5.98. The molecule has 2 aromatic carbocycles. The van der Waals surface area contributed by atoms with E-state index in [0.29, 0.717) is 8.45 Å². The van der Waals surface area contributed by atoms with Gasteiger partial charge in [-0.1, -0.05) is 0 Å². The van der Waals surface area contributed by atoms with Gasteiger partial charge in [0.2, 0.25) is 0 Å². The normalized spacial score (nSPS) is 18.6. The maximum absolute atomic E-state index is 2.64. The topological polar surface area (TPSA) is 0 Å². The molecule has 3 heteroatoms. The summed E-state index contributed by atoms with van der Waals surface area (Å²) >= 11 is -0.164. The van der Waals surface area contributed by atoms with Crippen molar-refractivity contribution in [1.29, 1.82) is 0 Å². The number of benzene rings is 2. The second kappa shape index (κ2) is 11.6. The molecule has 152 valence electrons. The predicted molar refractivity (Wildman–Crippen MR) is 113 cm³/mol. The van der Waals surface area contributed by atoms with Crippen molar-refractivity contribution >= 4 is 11.1 Å². The van der Waals surface area contributed by atoms with E-state index in [4.69, 9.17) is 0 Å². The molecule has 2 aliphatic carbocycles. The summed E-state index contributed by atoms with van der Waals surface area (Å²) in [6.45, 7) is 4.59. The number of rotatable bonds is 8. The zero-order valence-electron chi connectivity index (χ0n) is 17.4. The van der Waals surface area contributed by atoms with Gasteiger partial charge in [0.15, 0.2) is 0 Å². The van der Waals surface area contributed by atoms with Crippen LogP contribution >= 0.6 is 0 Å². The van der Waals surface area contributed by atoms with Gasteiger partial charge in [-0.2, -0.15) is 0 Å². The number of allylic oxidation sites excluding steroid dienone is 4. The maximum atomic E-state index is 2.64. The van der Waals surface area contributed by atoms with Crippen molar-refractivity contribution in [3.05, 3.63) is 82.9 Å². The van der Waals surface area contributed by atoms with Crippen LogP contribution in [0.5, 0.6) is 0 Å². The Bertz CT molecular complexity index is 797. The Labute approximate surface area is 198 Å². The number of halogens is 2. The van der Waals surface area contributed by atoms with Crippen LogP contribution in [0.15, 0.2) is 60.7 Å². The van der Waals surface area contributed by atoms with Gasteiger partial charge in [0.25, 0.3) is 0 Å². The Balaban J connectivity index is 0.00000150. The molecule has 0 amide bonds. The van der Waals surface area contributed by atoms with E-state index in [2.05, 4.69) is 74.5 Å². The van der Waals surface area contributed by atoms with Gasteiger partial charge in [0.1, 0.15) is 0 Å². The Kier molecular flexibility index (Phi) is 9.76. The van der Waals surface area contributed by atoms with Crippen molar-refractivity contribution in [1.82, 2.24) is 0 Å². The van der Waals surface area contributed by atoms with Crippen LogP contribution in [-0.2, 0) is 19.2 Å². The summed E-state index contributed by atoms with van der Waals surface area (Å²) in [4.78, 5) is 0. The molecule has 29 heavy (non-hydrogen) atoms. The van der Waals surface area contributed by atoms with Gasteiger partial charge in [-0.05, 0) is 0 Å². The van der Waals surface area contributed by atoms with Crippen LogP contribution in [0, 0.1) is 0 Å². The summed E-state index contributed by atoms with van der Waals surface area (Å²) in [7, 11) is 0. The first-order chi connectivity index (χ1) is 13.3. The van der Waals surface area contributed by atoms with E-state index in [1.54, 1.807) is 33.4 Å². The molecule has 0 saturated heterocycles. The van der Waals surface area contributed by atoms with Crippen molar-refractivity contribution in [2.75, 3.05) is 0 Å². The fourth-order valence-corrected chi connectivity index (χ4v) is 7.40. The van der Waals surface area contributed by atoms with Crippen LogP contribution in [0.1, 0.15) is 83.1 Å². The quantitative estimate of drug-likeness (QED) is 0.526. The fourth-order valence-electron chi connectivity index (χ4n) is 4.52. The van der Waals surface area contributed by atoms with Gasteiger partial charge in [0, 0.05) is 0 Å². The van der Waals surface area contributed by atoms with Gasteiger partial charge in [0.05, 0.1) is 0 Å². The average molecular weight is 461 g/mol. The molecule has 2 atom stereocenters. The van der Waals surface area contributed by atoms with E-state index in [1.807, 2.05) is 0 Å². The smallest absolute Gasteiger partial charge is 1.00 e. The SMILES string of the molecule is CCCCC1=C[CH]([Ti+2][CH]2C=C(CCCC)c3ccccc32)c2ccccc21.[Cl-].[Cl-]. The van der Waals surface area contributed by atoms with Crippen LogP contribution in [-0.4, -0.2) is 0 Å². The zero-order valence-corrected chi connectivity index (χ0v) is 20.5. The average Bonchev–Trinajstić information content (AvgIpc) is 3.24. The molecule has 0 fully saturated rings. The molecule has 0 saturated carbocycles. The number of unbranched alkanes of at least 4 members (excludes halogenated alkanes) is 2. The second-order valence-corrected chi connectivity index (χ2v) is 10.4. The molecule has 2 aliphatic rings. The minimum absolute atomic E-state index is 0. The van der Waals surface area contributed by atoms with Crippen molar-refractivity contribution in [2.24, 2.45) is 0 Å². The van der Waals surface area contributed by atoms with Gasteiger partial charge in [-0.25, -0.2) is 0 Å². The van der Waals surface area contributed by atoms with Gasteiger partial charge >= 0.3 is 174 Å². The third-order valence-corrected chi connectivity index (χ3v) is 8.59. The van der Waals surface area contributed by atoms with E-state index in [0.717, 1.165) is 0 Å².